The van der Waals surface area contributed by atoms with Gasteiger partial charge in [-0.2, -0.15) is 13.2 Å². The predicted molar refractivity (Wildman–Crippen MR) is 120 cm³/mol. The van der Waals surface area contributed by atoms with Gasteiger partial charge in [-0.3, -0.25) is 9.78 Å². The fourth-order valence-electron chi connectivity index (χ4n) is 4.78. The van der Waals surface area contributed by atoms with Crippen molar-refractivity contribution in [3.05, 3.63) is 63.5 Å². The van der Waals surface area contributed by atoms with Crippen LogP contribution in [0.15, 0.2) is 24.3 Å². The minimum absolute atomic E-state index is 0.110. The number of carbonyl (C=O) groups excluding carboxylic acids is 2. The number of hydrogen-bond acceptors (Lipinski definition) is 4. The number of pyridine rings is 1. The van der Waals surface area contributed by atoms with Gasteiger partial charge in [0.2, 0.25) is 0 Å². The molecule has 2 unspecified atom stereocenters. The summed E-state index contributed by atoms with van der Waals surface area (Å²) < 4.78 is 44.6. The number of fused-ring (bicyclic) bond motifs is 1. The van der Waals surface area contributed by atoms with Gasteiger partial charge in [0.05, 0.1) is 22.9 Å². The topological polar surface area (TPSA) is 56.3 Å². The Hall–Kier alpha value is -2.54. The number of benzene rings is 1. The molecule has 0 bridgehead atoms. The molecule has 2 aromatic rings. The molecule has 7 heteroatoms. The Morgan fingerprint density at radius 3 is 2.27 bits per heavy atom. The molecule has 1 aromatic carbocycles. The summed E-state index contributed by atoms with van der Waals surface area (Å²) in [4.78, 5) is 30.7. The average Bonchev–Trinajstić information content (AvgIpc) is 2.74. The minimum atomic E-state index is -4.49. The smallest absolute Gasteiger partial charge is 0.375 e. The fourth-order valence-corrected chi connectivity index (χ4v) is 4.78. The van der Waals surface area contributed by atoms with E-state index in [1.807, 2.05) is 13.8 Å². The lowest BCUT2D eigenvalue weighted by Crippen LogP contribution is -2.31. The number of ketones is 1. The second kappa shape index (κ2) is 9.01. The van der Waals surface area contributed by atoms with Crippen LogP contribution in [0.4, 0.5) is 13.2 Å². The SMILES string of the molecule is COC(C)c1nc2c(c(C(C)C)c1C(=O)c1ccc(C(F)(F)F)cc1)C(C=O)CC(C)(C)C2. The van der Waals surface area contributed by atoms with Gasteiger partial charge >= 0.3 is 6.18 Å². The molecule has 178 valence electrons. The van der Waals surface area contributed by atoms with E-state index in [2.05, 4.69) is 13.8 Å². The molecule has 0 aliphatic heterocycles. The van der Waals surface area contributed by atoms with Crippen LogP contribution in [0.25, 0.3) is 0 Å². The Balaban J connectivity index is 2.29. The number of halogens is 3. The van der Waals surface area contributed by atoms with Crippen LogP contribution in [-0.2, 0) is 22.1 Å². The molecule has 2 atom stereocenters. The first kappa shape index (κ1) is 25.1. The van der Waals surface area contributed by atoms with Crippen LogP contribution in [-0.4, -0.2) is 24.2 Å². The molecule has 33 heavy (non-hydrogen) atoms. The highest BCUT2D eigenvalue weighted by Gasteiger charge is 2.39. The Morgan fingerprint density at radius 2 is 1.79 bits per heavy atom. The van der Waals surface area contributed by atoms with Crippen LogP contribution in [0.3, 0.4) is 0 Å². The van der Waals surface area contributed by atoms with Crippen LogP contribution in [0.2, 0.25) is 0 Å². The summed E-state index contributed by atoms with van der Waals surface area (Å²) in [5.41, 5.74) is 2.26. The second-order valence-corrected chi connectivity index (χ2v) is 9.87. The quantitative estimate of drug-likeness (QED) is 0.368. The van der Waals surface area contributed by atoms with Crippen LogP contribution >= 0.6 is 0 Å². The standard InChI is InChI=1S/C26H30F3NO3/c1-14(2)20-21-17(13-31)11-25(4,5)12-19(21)30-23(15(3)33-6)22(20)24(32)16-7-9-18(10-8-16)26(27,28)29/h7-10,13-15,17H,11-12H2,1-6H3. The molecule has 1 aromatic heterocycles. The van der Waals surface area contributed by atoms with Crippen molar-refractivity contribution in [2.24, 2.45) is 5.41 Å². The van der Waals surface area contributed by atoms with Crippen LogP contribution in [0, 0.1) is 5.41 Å². The molecule has 0 N–H and O–H groups in total. The van der Waals surface area contributed by atoms with E-state index in [-0.39, 0.29) is 16.9 Å². The van der Waals surface area contributed by atoms with E-state index in [1.54, 1.807) is 6.92 Å². The summed E-state index contributed by atoms with van der Waals surface area (Å²) >= 11 is 0. The van der Waals surface area contributed by atoms with Gasteiger partial charge in [0.1, 0.15) is 6.29 Å². The van der Waals surface area contributed by atoms with E-state index in [1.165, 1.54) is 19.2 Å². The first-order chi connectivity index (χ1) is 15.3. The molecular weight excluding hydrogens is 431 g/mol. The third-order valence-corrected chi connectivity index (χ3v) is 6.35. The molecule has 1 heterocycles. The summed E-state index contributed by atoms with van der Waals surface area (Å²) in [6, 6.07) is 4.20. The first-order valence-electron chi connectivity index (χ1n) is 11.1. The van der Waals surface area contributed by atoms with Crippen LogP contribution < -0.4 is 0 Å². The van der Waals surface area contributed by atoms with Crippen molar-refractivity contribution in [1.29, 1.82) is 0 Å². The molecule has 3 rings (SSSR count). The molecule has 4 nitrogen and oxygen atoms in total. The fraction of sp³-hybridized carbons (Fsp3) is 0.500. The number of hydrogen-bond donors (Lipinski definition) is 0. The van der Waals surface area contributed by atoms with E-state index in [4.69, 9.17) is 9.72 Å². The van der Waals surface area contributed by atoms with Gasteiger partial charge in [-0.05, 0) is 54.4 Å². The molecule has 0 saturated heterocycles. The minimum Gasteiger partial charge on any atom is -0.375 e. The van der Waals surface area contributed by atoms with Crippen molar-refractivity contribution < 1.29 is 27.5 Å². The van der Waals surface area contributed by atoms with Crippen molar-refractivity contribution in [2.45, 2.75) is 71.6 Å². The van der Waals surface area contributed by atoms with Gasteiger partial charge in [0.15, 0.2) is 5.78 Å². The summed E-state index contributed by atoms with van der Waals surface area (Å²) in [5.74, 6) is -0.933. The zero-order chi connectivity index (χ0) is 24.7. The first-order valence-corrected chi connectivity index (χ1v) is 11.1. The number of ether oxygens (including phenoxy) is 1. The van der Waals surface area contributed by atoms with E-state index in [9.17, 15) is 22.8 Å². The maximum atomic E-state index is 13.7. The van der Waals surface area contributed by atoms with E-state index < -0.39 is 29.5 Å². The van der Waals surface area contributed by atoms with E-state index in [0.29, 0.717) is 24.1 Å². The molecule has 1 aliphatic rings. The zero-order valence-electron chi connectivity index (χ0n) is 19.8. The van der Waals surface area contributed by atoms with Crippen LogP contribution in [0.1, 0.15) is 103 Å². The largest absolute Gasteiger partial charge is 0.416 e. The Labute approximate surface area is 192 Å². The third-order valence-electron chi connectivity index (χ3n) is 6.35. The third kappa shape index (κ3) is 4.88. The maximum absolute atomic E-state index is 13.7. The van der Waals surface area contributed by atoms with Crippen molar-refractivity contribution >= 4 is 12.1 Å². The van der Waals surface area contributed by atoms with Crippen LogP contribution in [0.5, 0.6) is 0 Å². The number of nitrogens with zero attached hydrogens (tertiary/aromatic N) is 1. The lowest BCUT2D eigenvalue weighted by atomic mass is 9.68. The monoisotopic (exact) mass is 461 g/mol. The predicted octanol–water partition coefficient (Wildman–Crippen LogP) is 6.42. The van der Waals surface area contributed by atoms with Gasteiger partial charge in [-0.1, -0.05) is 39.8 Å². The number of carbonyl (C=O) groups is 2. The number of methoxy groups -OCH3 is 1. The molecule has 0 radical (unpaired) electrons. The molecule has 0 amide bonds. The Bertz CT molecular complexity index is 1060. The van der Waals surface area contributed by atoms with E-state index in [0.717, 1.165) is 35.2 Å². The normalized spacial score (nSPS) is 18.7. The lowest BCUT2D eigenvalue weighted by Gasteiger charge is -2.37. The summed E-state index contributed by atoms with van der Waals surface area (Å²) in [6.07, 6.45) is -2.79. The Kier molecular flexibility index (Phi) is 6.85. The highest BCUT2D eigenvalue weighted by molar-refractivity contribution is 6.11. The van der Waals surface area contributed by atoms with Gasteiger partial charge in [-0.15, -0.1) is 0 Å². The van der Waals surface area contributed by atoms with Gasteiger partial charge < -0.3 is 9.53 Å². The number of aromatic nitrogens is 1. The second-order valence-electron chi connectivity index (χ2n) is 9.87. The highest BCUT2D eigenvalue weighted by Crippen LogP contribution is 2.46. The van der Waals surface area contributed by atoms with Crippen molar-refractivity contribution in [3.63, 3.8) is 0 Å². The number of alkyl halides is 3. The lowest BCUT2D eigenvalue weighted by molar-refractivity contribution is -0.137. The van der Waals surface area contributed by atoms with Crippen molar-refractivity contribution in [2.75, 3.05) is 7.11 Å². The Morgan fingerprint density at radius 1 is 1.18 bits per heavy atom. The molecule has 1 aliphatic carbocycles. The average molecular weight is 462 g/mol. The van der Waals surface area contributed by atoms with Gasteiger partial charge in [-0.25, -0.2) is 0 Å². The highest BCUT2D eigenvalue weighted by atomic mass is 19.4. The molecule has 0 spiro atoms. The summed E-state index contributed by atoms with van der Waals surface area (Å²) in [5, 5.41) is 0. The molecule has 0 fully saturated rings. The zero-order valence-corrected chi connectivity index (χ0v) is 19.8. The molecule has 0 saturated carbocycles. The summed E-state index contributed by atoms with van der Waals surface area (Å²) in [6.45, 7) is 9.85. The van der Waals surface area contributed by atoms with Crippen molar-refractivity contribution in [3.8, 4) is 0 Å². The number of rotatable bonds is 6. The van der Waals surface area contributed by atoms with E-state index >= 15 is 0 Å². The summed E-state index contributed by atoms with van der Waals surface area (Å²) in [7, 11) is 1.52. The number of aldehydes is 1. The van der Waals surface area contributed by atoms with Gasteiger partial charge in [0.25, 0.3) is 0 Å². The molecular formula is C26H30F3NO3. The maximum Gasteiger partial charge on any atom is 0.416 e. The van der Waals surface area contributed by atoms with Crippen molar-refractivity contribution in [1.82, 2.24) is 4.98 Å². The van der Waals surface area contributed by atoms with Gasteiger partial charge in [0, 0.05) is 24.3 Å².